The summed E-state index contributed by atoms with van der Waals surface area (Å²) in [4.78, 5) is 12.9. The van der Waals surface area contributed by atoms with Gasteiger partial charge in [0, 0.05) is 28.5 Å². The number of rotatable bonds is 2. The van der Waals surface area contributed by atoms with Crippen molar-refractivity contribution >= 4 is 21.7 Å². The lowest BCUT2D eigenvalue weighted by atomic mass is 9.70. The second-order valence-electron chi connectivity index (χ2n) is 7.09. The van der Waals surface area contributed by atoms with E-state index in [0.29, 0.717) is 29.9 Å². The van der Waals surface area contributed by atoms with Gasteiger partial charge in [-0.1, -0.05) is 35.8 Å². The highest BCUT2D eigenvalue weighted by molar-refractivity contribution is 9.10. The van der Waals surface area contributed by atoms with Crippen molar-refractivity contribution in [2.45, 2.75) is 32.6 Å². The van der Waals surface area contributed by atoms with E-state index in [4.69, 9.17) is 15.2 Å². The van der Waals surface area contributed by atoms with Gasteiger partial charge in [0.2, 0.25) is 5.88 Å². The summed E-state index contributed by atoms with van der Waals surface area (Å²) in [6.45, 7) is 4.04. The molecule has 1 aromatic rings. The Bertz CT molecular complexity index is 862. The molecule has 0 unspecified atom stereocenters. The molecular formula is C19H19BrN2O3. The van der Waals surface area contributed by atoms with Crippen LogP contribution in [0, 0.1) is 16.7 Å². The maximum Gasteiger partial charge on any atom is 0.205 e. The molecule has 1 aliphatic heterocycles. The molecule has 25 heavy (non-hydrogen) atoms. The number of allylic oxidation sites excluding steroid dienone is 3. The Balaban J connectivity index is 2.24. The van der Waals surface area contributed by atoms with Crippen LogP contribution in [0.25, 0.3) is 0 Å². The molecule has 0 aromatic heterocycles. The lowest BCUT2D eigenvalue weighted by molar-refractivity contribution is -0.119. The molecule has 0 amide bonds. The molecule has 2 aliphatic rings. The predicted octanol–water partition coefficient (Wildman–Crippen LogP) is 3.91. The number of Topliss-reactive ketones (excluding diaryl/α,β-unsaturated/α-hetero) is 1. The van der Waals surface area contributed by atoms with Crippen LogP contribution in [-0.2, 0) is 9.53 Å². The minimum Gasteiger partial charge on any atom is -0.496 e. The van der Waals surface area contributed by atoms with Crippen LogP contribution in [0.1, 0.15) is 38.2 Å². The number of nitriles is 1. The minimum absolute atomic E-state index is 0.0125. The van der Waals surface area contributed by atoms with E-state index in [1.807, 2.05) is 32.0 Å². The van der Waals surface area contributed by atoms with Gasteiger partial charge >= 0.3 is 0 Å². The summed E-state index contributed by atoms with van der Waals surface area (Å²) < 4.78 is 12.0. The smallest absolute Gasteiger partial charge is 0.205 e. The Morgan fingerprint density at radius 1 is 1.40 bits per heavy atom. The van der Waals surface area contributed by atoms with Gasteiger partial charge in [0.05, 0.1) is 13.0 Å². The van der Waals surface area contributed by atoms with Crippen molar-refractivity contribution in [3.63, 3.8) is 0 Å². The number of carbonyl (C=O) groups excluding carboxylic acids is 1. The number of carbonyl (C=O) groups is 1. The monoisotopic (exact) mass is 402 g/mol. The summed E-state index contributed by atoms with van der Waals surface area (Å²) >= 11 is 3.42. The summed E-state index contributed by atoms with van der Waals surface area (Å²) in [5.41, 5.74) is 7.31. The first-order chi connectivity index (χ1) is 11.8. The van der Waals surface area contributed by atoms with Crippen LogP contribution in [0.3, 0.4) is 0 Å². The SMILES string of the molecule is COc1cc(Br)ccc1[C@H]1C(C#N)=C(N)OC2=C1C(=O)CC(C)(C)C2. The molecule has 0 bridgehead atoms. The molecule has 0 spiro atoms. The van der Waals surface area contributed by atoms with Crippen molar-refractivity contribution in [1.29, 1.82) is 5.26 Å². The molecule has 1 aromatic carbocycles. The second-order valence-corrected chi connectivity index (χ2v) is 8.00. The average molecular weight is 403 g/mol. The van der Waals surface area contributed by atoms with Gasteiger partial charge in [-0.25, -0.2) is 0 Å². The number of ether oxygens (including phenoxy) is 2. The maximum atomic E-state index is 12.9. The van der Waals surface area contributed by atoms with E-state index in [-0.39, 0.29) is 22.7 Å². The van der Waals surface area contributed by atoms with Gasteiger partial charge in [0.25, 0.3) is 0 Å². The quantitative estimate of drug-likeness (QED) is 0.810. The number of hydrogen-bond acceptors (Lipinski definition) is 5. The van der Waals surface area contributed by atoms with E-state index >= 15 is 0 Å². The van der Waals surface area contributed by atoms with Gasteiger partial charge in [0.15, 0.2) is 5.78 Å². The summed E-state index contributed by atoms with van der Waals surface area (Å²) in [5.74, 6) is 0.627. The average Bonchev–Trinajstić information content (AvgIpc) is 2.52. The molecule has 0 radical (unpaired) electrons. The normalized spacial score (nSPS) is 22.2. The first kappa shape index (κ1) is 17.6. The fraction of sp³-hybridized carbons (Fsp3) is 0.368. The first-order valence-corrected chi connectivity index (χ1v) is 8.74. The predicted molar refractivity (Wildman–Crippen MR) is 96.4 cm³/mol. The number of benzene rings is 1. The Labute approximate surface area is 155 Å². The fourth-order valence-electron chi connectivity index (χ4n) is 3.52. The van der Waals surface area contributed by atoms with Crippen LogP contribution >= 0.6 is 15.9 Å². The minimum atomic E-state index is -0.569. The van der Waals surface area contributed by atoms with Crippen LogP contribution in [0.5, 0.6) is 5.75 Å². The molecule has 0 fully saturated rings. The van der Waals surface area contributed by atoms with Crippen molar-refractivity contribution in [2.24, 2.45) is 11.1 Å². The molecule has 1 aliphatic carbocycles. The molecular weight excluding hydrogens is 384 g/mol. The highest BCUT2D eigenvalue weighted by Gasteiger charge is 2.43. The third-order valence-electron chi connectivity index (χ3n) is 4.58. The molecule has 3 rings (SSSR count). The molecule has 2 N–H and O–H groups in total. The summed E-state index contributed by atoms with van der Waals surface area (Å²) in [5, 5.41) is 9.64. The zero-order valence-electron chi connectivity index (χ0n) is 14.4. The van der Waals surface area contributed by atoms with Crippen LogP contribution < -0.4 is 10.5 Å². The van der Waals surface area contributed by atoms with Crippen molar-refractivity contribution in [3.8, 4) is 11.8 Å². The van der Waals surface area contributed by atoms with E-state index in [9.17, 15) is 10.1 Å². The number of methoxy groups -OCH3 is 1. The highest BCUT2D eigenvalue weighted by Crippen LogP contribution is 2.49. The lowest BCUT2D eigenvalue weighted by Crippen LogP contribution is -2.33. The van der Waals surface area contributed by atoms with E-state index < -0.39 is 5.92 Å². The standard InChI is InChI=1S/C19H19BrN2O3/c1-19(2)7-13(23)17-15(8-19)25-18(22)12(9-21)16(17)11-5-4-10(20)6-14(11)24-3/h4-6,16H,7-8,22H2,1-3H3/t16-/m0/s1. The molecule has 6 heteroatoms. The second kappa shape index (κ2) is 6.23. The Kier molecular flexibility index (Phi) is 4.38. The number of ketones is 1. The third kappa shape index (κ3) is 3.05. The molecule has 5 nitrogen and oxygen atoms in total. The number of halogens is 1. The number of nitrogens with two attached hydrogens (primary N) is 1. The van der Waals surface area contributed by atoms with E-state index in [2.05, 4.69) is 22.0 Å². The Morgan fingerprint density at radius 3 is 2.76 bits per heavy atom. The largest absolute Gasteiger partial charge is 0.496 e. The van der Waals surface area contributed by atoms with Gasteiger partial charge in [-0.3, -0.25) is 4.79 Å². The zero-order chi connectivity index (χ0) is 18.4. The van der Waals surface area contributed by atoms with Crippen molar-refractivity contribution < 1.29 is 14.3 Å². The Hall–Kier alpha value is -2.26. The topological polar surface area (TPSA) is 85.3 Å². The van der Waals surface area contributed by atoms with E-state index in [0.717, 1.165) is 10.0 Å². The number of hydrogen-bond donors (Lipinski definition) is 1. The summed E-state index contributed by atoms with van der Waals surface area (Å²) in [6.07, 6.45) is 1.01. The molecule has 1 atom stereocenters. The molecule has 0 saturated heterocycles. The van der Waals surface area contributed by atoms with Crippen LogP contribution in [0.2, 0.25) is 0 Å². The number of nitrogens with zero attached hydrogens (tertiary/aromatic N) is 1. The van der Waals surface area contributed by atoms with Gasteiger partial charge in [-0.15, -0.1) is 0 Å². The fourth-order valence-corrected chi connectivity index (χ4v) is 3.86. The lowest BCUT2D eigenvalue weighted by Gasteiger charge is -2.37. The van der Waals surface area contributed by atoms with Crippen LogP contribution in [0.15, 0.2) is 45.5 Å². The summed E-state index contributed by atoms with van der Waals surface area (Å²) in [6, 6.07) is 7.64. The Morgan fingerprint density at radius 2 is 2.12 bits per heavy atom. The summed E-state index contributed by atoms with van der Waals surface area (Å²) in [7, 11) is 1.56. The van der Waals surface area contributed by atoms with Gasteiger partial charge in [-0.05, 0) is 17.5 Å². The van der Waals surface area contributed by atoms with Gasteiger partial charge < -0.3 is 15.2 Å². The third-order valence-corrected chi connectivity index (χ3v) is 5.08. The van der Waals surface area contributed by atoms with Gasteiger partial charge in [0.1, 0.15) is 23.2 Å². The van der Waals surface area contributed by atoms with Crippen molar-refractivity contribution in [2.75, 3.05) is 7.11 Å². The molecule has 130 valence electrons. The van der Waals surface area contributed by atoms with Crippen LogP contribution in [0.4, 0.5) is 0 Å². The highest BCUT2D eigenvalue weighted by atomic mass is 79.9. The maximum absolute atomic E-state index is 12.9. The van der Waals surface area contributed by atoms with Crippen LogP contribution in [-0.4, -0.2) is 12.9 Å². The molecule has 0 saturated carbocycles. The van der Waals surface area contributed by atoms with Gasteiger partial charge in [-0.2, -0.15) is 5.26 Å². The first-order valence-electron chi connectivity index (χ1n) is 7.94. The van der Waals surface area contributed by atoms with Crippen molar-refractivity contribution in [1.82, 2.24) is 0 Å². The van der Waals surface area contributed by atoms with E-state index in [1.165, 1.54) is 0 Å². The zero-order valence-corrected chi connectivity index (χ0v) is 15.9. The van der Waals surface area contributed by atoms with Crippen molar-refractivity contribution in [3.05, 3.63) is 51.0 Å². The molecule has 1 heterocycles. The van der Waals surface area contributed by atoms with E-state index in [1.54, 1.807) is 7.11 Å².